The van der Waals surface area contributed by atoms with Crippen LogP contribution in [0.1, 0.15) is 15.9 Å². The van der Waals surface area contributed by atoms with Gasteiger partial charge in [-0.15, -0.1) is 0 Å². The van der Waals surface area contributed by atoms with Crippen molar-refractivity contribution >= 4 is 34.6 Å². The largest absolute Gasteiger partial charge is 0.439 e. The van der Waals surface area contributed by atoms with Crippen LogP contribution < -0.4 is 20.7 Å². The number of ether oxygens (including phenoxy) is 2. The quantitative estimate of drug-likeness (QED) is 0.160. The van der Waals surface area contributed by atoms with Crippen LogP contribution in [0.2, 0.25) is 0 Å². The predicted molar refractivity (Wildman–Crippen MR) is 168 cm³/mol. The molecule has 1 fully saturated rings. The fraction of sp³-hybridized carbons (Fsp3) is 0.147. The molecule has 0 unspecified atom stereocenters. The maximum atomic E-state index is 13.2. The van der Waals surface area contributed by atoms with Gasteiger partial charge < -0.3 is 25.4 Å². The van der Waals surface area contributed by atoms with Gasteiger partial charge in [-0.2, -0.15) is 4.98 Å². The van der Waals surface area contributed by atoms with Crippen molar-refractivity contribution in [2.24, 2.45) is 0 Å². The van der Waals surface area contributed by atoms with Crippen LogP contribution >= 0.6 is 0 Å². The van der Waals surface area contributed by atoms with Crippen LogP contribution in [0.4, 0.5) is 33.1 Å². The Balaban J connectivity index is 1.07. The molecule has 0 bridgehead atoms. The van der Waals surface area contributed by atoms with E-state index in [1.807, 2.05) is 48.5 Å². The zero-order valence-electron chi connectivity index (χ0n) is 23.9. The van der Waals surface area contributed by atoms with Crippen molar-refractivity contribution in [2.45, 2.75) is 6.54 Å². The van der Waals surface area contributed by atoms with Gasteiger partial charge in [0.1, 0.15) is 11.6 Å². The molecule has 9 nitrogen and oxygen atoms in total. The van der Waals surface area contributed by atoms with Gasteiger partial charge in [0.25, 0.3) is 5.91 Å². The summed E-state index contributed by atoms with van der Waals surface area (Å²) in [5, 5.41) is 9.35. The molecule has 0 saturated carbocycles. The number of benzene rings is 4. The average molecular weight is 591 g/mol. The number of anilines is 5. The standard InChI is InChI=1S/C34H31FN6O3/c35-25-8-10-27(11-9-25)38-33(42)30-6-1-2-7-31(30)37-26-12-14-29(15-13-26)44-32-16-17-36-34(40-32)39-28-5-3-4-24(22-28)23-41-18-20-43-21-19-41/h1-17,22,37H,18-21,23H2,(H,38,42)(H,36,39,40). The van der Waals surface area contributed by atoms with E-state index in [0.717, 1.165) is 44.2 Å². The van der Waals surface area contributed by atoms with Gasteiger partial charge in [-0.1, -0.05) is 24.3 Å². The minimum atomic E-state index is -0.365. The Morgan fingerprint density at radius 2 is 1.61 bits per heavy atom. The second kappa shape index (κ2) is 13.8. The van der Waals surface area contributed by atoms with E-state index < -0.39 is 0 Å². The molecule has 44 heavy (non-hydrogen) atoms. The van der Waals surface area contributed by atoms with E-state index in [2.05, 4.69) is 43.0 Å². The molecule has 222 valence electrons. The Bertz CT molecular complexity index is 1710. The van der Waals surface area contributed by atoms with Gasteiger partial charge in [-0.05, 0) is 78.4 Å². The van der Waals surface area contributed by atoms with E-state index in [-0.39, 0.29) is 11.7 Å². The number of hydrogen-bond acceptors (Lipinski definition) is 8. The fourth-order valence-corrected chi connectivity index (χ4v) is 4.76. The zero-order valence-corrected chi connectivity index (χ0v) is 23.9. The van der Waals surface area contributed by atoms with Crippen LogP contribution in [0.3, 0.4) is 0 Å². The zero-order chi connectivity index (χ0) is 30.1. The number of amides is 1. The third-order valence-electron chi connectivity index (χ3n) is 6.95. The molecule has 3 N–H and O–H groups in total. The van der Waals surface area contributed by atoms with E-state index in [4.69, 9.17) is 9.47 Å². The number of morpholine rings is 1. The first kappa shape index (κ1) is 28.8. The number of aromatic nitrogens is 2. The van der Waals surface area contributed by atoms with Crippen molar-refractivity contribution in [3.8, 4) is 11.6 Å². The van der Waals surface area contributed by atoms with Gasteiger partial charge in [0.05, 0.1) is 24.5 Å². The summed E-state index contributed by atoms with van der Waals surface area (Å²) >= 11 is 0. The number of para-hydroxylation sites is 1. The Hall–Kier alpha value is -5.32. The molecule has 0 atom stereocenters. The van der Waals surface area contributed by atoms with Gasteiger partial charge in [0, 0.05) is 49.0 Å². The van der Waals surface area contributed by atoms with Crippen LogP contribution in [0.5, 0.6) is 11.6 Å². The highest BCUT2D eigenvalue weighted by atomic mass is 19.1. The summed E-state index contributed by atoms with van der Waals surface area (Å²) in [6.45, 7) is 4.26. The highest BCUT2D eigenvalue weighted by molar-refractivity contribution is 6.08. The maximum absolute atomic E-state index is 13.2. The molecular formula is C34H31FN6O3. The number of rotatable bonds is 10. The summed E-state index contributed by atoms with van der Waals surface area (Å²) in [7, 11) is 0. The Kier molecular flexibility index (Phi) is 9.01. The summed E-state index contributed by atoms with van der Waals surface area (Å²) in [6.07, 6.45) is 1.64. The molecule has 0 aliphatic carbocycles. The number of nitrogens with one attached hydrogen (secondary N) is 3. The first-order valence-electron chi connectivity index (χ1n) is 14.3. The molecule has 1 saturated heterocycles. The smallest absolute Gasteiger partial charge is 0.257 e. The maximum Gasteiger partial charge on any atom is 0.257 e. The van der Waals surface area contributed by atoms with Crippen LogP contribution in [0.15, 0.2) is 109 Å². The molecule has 1 aliphatic rings. The SMILES string of the molecule is O=C(Nc1ccc(F)cc1)c1ccccc1Nc1ccc(Oc2ccnc(Nc3cccc(CN4CCOCC4)c3)n2)cc1. The normalized spacial score (nSPS) is 13.2. The van der Waals surface area contributed by atoms with Crippen LogP contribution in [0, 0.1) is 5.82 Å². The number of nitrogens with zero attached hydrogens (tertiary/aromatic N) is 3. The first-order chi connectivity index (χ1) is 21.6. The number of hydrogen-bond donors (Lipinski definition) is 3. The van der Waals surface area contributed by atoms with Crippen LogP contribution in [-0.2, 0) is 11.3 Å². The first-order valence-corrected chi connectivity index (χ1v) is 14.3. The lowest BCUT2D eigenvalue weighted by Gasteiger charge is -2.26. The number of carbonyl (C=O) groups is 1. The fourth-order valence-electron chi connectivity index (χ4n) is 4.76. The van der Waals surface area contributed by atoms with Crippen molar-refractivity contribution < 1.29 is 18.7 Å². The summed E-state index contributed by atoms with van der Waals surface area (Å²) in [5.74, 6) is 0.748. The molecule has 10 heteroatoms. The molecule has 4 aromatic carbocycles. The molecule has 5 aromatic rings. The van der Waals surface area contributed by atoms with Gasteiger partial charge in [0.2, 0.25) is 11.8 Å². The molecule has 0 radical (unpaired) electrons. The van der Waals surface area contributed by atoms with Crippen molar-refractivity contribution in [3.05, 3.63) is 126 Å². The van der Waals surface area contributed by atoms with Crippen LogP contribution in [0.25, 0.3) is 0 Å². The van der Waals surface area contributed by atoms with Crippen molar-refractivity contribution in [3.63, 3.8) is 0 Å². The highest BCUT2D eigenvalue weighted by Gasteiger charge is 2.13. The Morgan fingerprint density at radius 3 is 2.43 bits per heavy atom. The Morgan fingerprint density at radius 1 is 0.841 bits per heavy atom. The lowest BCUT2D eigenvalue weighted by Crippen LogP contribution is -2.35. The van der Waals surface area contributed by atoms with Gasteiger partial charge in [-0.3, -0.25) is 9.69 Å². The highest BCUT2D eigenvalue weighted by Crippen LogP contribution is 2.27. The molecule has 1 amide bonds. The summed E-state index contributed by atoms with van der Waals surface area (Å²) < 4.78 is 24.7. The number of carbonyl (C=O) groups excluding carboxylic acids is 1. The molecule has 1 aromatic heterocycles. The topological polar surface area (TPSA) is 101 Å². The third kappa shape index (κ3) is 7.74. The van der Waals surface area contributed by atoms with Gasteiger partial charge in [0.15, 0.2) is 0 Å². The van der Waals surface area contributed by atoms with Crippen molar-refractivity contribution in [1.29, 1.82) is 0 Å². The second-order valence-electron chi connectivity index (χ2n) is 10.2. The van der Waals surface area contributed by atoms with E-state index in [0.29, 0.717) is 34.5 Å². The second-order valence-corrected chi connectivity index (χ2v) is 10.2. The van der Waals surface area contributed by atoms with E-state index >= 15 is 0 Å². The minimum Gasteiger partial charge on any atom is -0.439 e. The van der Waals surface area contributed by atoms with Crippen LogP contribution in [-0.4, -0.2) is 47.1 Å². The Labute approximate surface area is 254 Å². The predicted octanol–water partition coefficient (Wildman–Crippen LogP) is 6.98. The summed E-state index contributed by atoms with van der Waals surface area (Å²) in [4.78, 5) is 24.2. The third-order valence-corrected chi connectivity index (χ3v) is 6.95. The van der Waals surface area contributed by atoms with E-state index in [1.54, 1.807) is 24.4 Å². The number of halogens is 1. The average Bonchev–Trinajstić information content (AvgIpc) is 3.04. The molecular weight excluding hydrogens is 559 g/mol. The van der Waals surface area contributed by atoms with Crippen molar-refractivity contribution in [2.75, 3.05) is 42.3 Å². The van der Waals surface area contributed by atoms with Crippen molar-refractivity contribution in [1.82, 2.24) is 14.9 Å². The molecule has 0 spiro atoms. The van der Waals surface area contributed by atoms with Gasteiger partial charge in [-0.25, -0.2) is 9.37 Å². The van der Waals surface area contributed by atoms with E-state index in [1.165, 1.54) is 29.8 Å². The molecule has 1 aliphatic heterocycles. The van der Waals surface area contributed by atoms with Gasteiger partial charge >= 0.3 is 0 Å². The summed E-state index contributed by atoms with van der Waals surface area (Å²) in [5.41, 5.74) is 4.45. The molecule has 2 heterocycles. The monoisotopic (exact) mass is 590 g/mol. The lowest BCUT2D eigenvalue weighted by molar-refractivity contribution is 0.0342. The molecule has 6 rings (SSSR count). The lowest BCUT2D eigenvalue weighted by atomic mass is 10.1. The summed E-state index contributed by atoms with van der Waals surface area (Å²) in [6, 6.07) is 30.0. The van der Waals surface area contributed by atoms with E-state index in [9.17, 15) is 9.18 Å². The minimum absolute atomic E-state index is 0.309.